The minimum absolute atomic E-state index is 0.0663. The van der Waals surface area contributed by atoms with Crippen LogP contribution in [0.1, 0.15) is 28.8 Å². The lowest BCUT2D eigenvalue weighted by atomic mass is 10.1. The van der Waals surface area contributed by atoms with Crippen LogP contribution in [0.15, 0.2) is 53.0 Å². The Kier molecular flexibility index (Phi) is 5.88. The molecule has 0 saturated carbocycles. The first-order valence-electron chi connectivity index (χ1n) is 8.07. The van der Waals surface area contributed by atoms with Crippen LogP contribution < -0.4 is 10.1 Å². The lowest BCUT2D eigenvalue weighted by Crippen LogP contribution is -2.39. The normalized spacial score (nSPS) is 15.0. The molecule has 0 radical (unpaired) electrons. The smallest absolute Gasteiger partial charge is 0.252 e. The molecule has 0 spiro atoms. The standard InChI is InChI=1S/C19H20BrNO3/c20-18-12-16(24-13-14-4-2-1-3-5-14)6-7-17(18)19(22)21-15-8-10-23-11-9-15/h1-7,12,15H,8-11,13H2,(H,21,22). The van der Waals surface area contributed by atoms with Gasteiger partial charge in [0.1, 0.15) is 12.4 Å². The summed E-state index contributed by atoms with van der Waals surface area (Å²) < 4.78 is 11.8. The third-order valence-electron chi connectivity index (χ3n) is 3.99. The van der Waals surface area contributed by atoms with Gasteiger partial charge >= 0.3 is 0 Å². The van der Waals surface area contributed by atoms with Gasteiger partial charge in [0.25, 0.3) is 5.91 Å². The minimum atomic E-state index is -0.0663. The summed E-state index contributed by atoms with van der Waals surface area (Å²) in [6.45, 7) is 1.91. The molecule has 0 aromatic heterocycles. The number of halogens is 1. The first-order valence-corrected chi connectivity index (χ1v) is 8.86. The van der Waals surface area contributed by atoms with Crippen LogP contribution in [-0.4, -0.2) is 25.2 Å². The van der Waals surface area contributed by atoms with Crippen LogP contribution in [0, 0.1) is 0 Å². The fourth-order valence-corrected chi connectivity index (χ4v) is 3.15. The Labute approximate surface area is 150 Å². The van der Waals surface area contributed by atoms with Crippen LogP contribution in [0.3, 0.4) is 0 Å². The second-order valence-electron chi connectivity index (χ2n) is 5.78. The van der Waals surface area contributed by atoms with Gasteiger partial charge in [0, 0.05) is 23.7 Å². The Morgan fingerprint density at radius 2 is 1.92 bits per heavy atom. The highest BCUT2D eigenvalue weighted by atomic mass is 79.9. The molecular weight excluding hydrogens is 370 g/mol. The molecular formula is C19H20BrNO3. The predicted molar refractivity (Wildman–Crippen MR) is 96.2 cm³/mol. The molecule has 4 nitrogen and oxygen atoms in total. The van der Waals surface area contributed by atoms with Crippen LogP contribution >= 0.6 is 15.9 Å². The van der Waals surface area contributed by atoms with Gasteiger partial charge < -0.3 is 14.8 Å². The zero-order valence-electron chi connectivity index (χ0n) is 13.3. The number of nitrogens with one attached hydrogen (secondary N) is 1. The van der Waals surface area contributed by atoms with E-state index in [1.54, 1.807) is 6.07 Å². The van der Waals surface area contributed by atoms with Crippen molar-refractivity contribution in [2.75, 3.05) is 13.2 Å². The minimum Gasteiger partial charge on any atom is -0.489 e. The fraction of sp³-hybridized carbons (Fsp3) is 0.316. The van der Waals surface area contributed by atoms with Crippen LogP contribution in [0.4, 0.5) is 0 Å². The van der Waals surface area contributed by atoms with Gasteiger partial charge in [-0.25, -0.2) is 0 Å². The van der Waals surface area contributed by atoms with Gasteiger partial charge in [-0.2, -0.15) is 0 Å². The Bertz CT molecular complexity index is 684. The highest BCUT2D eigenvalue weighted by Gasteiger charge is 2.18. The van der Waals surface area contributed by atoms with E-state index in [1.165, 1.54) is 0 Å². The molecule has 1 aliphatic heterocycles. The van der Waals surface area contributed by atoms with Crippen molar-refractivity contribution in [3.05, 3.63) is 64.1 Å². The van der Waals surface area contributed by atoms with Crippen molar-refractivity contribution in [3.8, 4) is 5.75 Å². The van der Waals surface area contributed by atoms with Crippen LogP contribution in [0.25, 0.3) is 0 Å². The van der Waals surface area contributed by atoms with E-state index < -0.39 is 0 Å². The van der Waals surface area contributed by atoms with Gasteiger partial charge in [0.15, 0.2) is 0 Å². The molecule has 2 aromatic carbocycles. The first kappa shape index (κ1) is 17.0. The van der Waals surface area contributed by atoms with Crippen molar-refractivity contribution in [2.24, 2.45) is 0 Å². The second-order valence-corrected chi connectivity index (χ2v) is 6.63. The van der Waals surface area contributed by atoms with Gasteiger partial charge in [-0.15, -0.1) is 0 Å². The highest BCUT2D eigenvalue weighted by Crippen LogP contribution is 2.24. The Hall–Kier alpha value is -1.85. The van der Waals surface area contributed by atoms with Crippen molar-refractivity contribution < 1.29 is 14.3 Å². The molecule has 3 rings (SSSR count). The average molecular weight is 390 g/mol. The quantitative estimate of drug-likeness (QED) is 0.842. The largest absolute Gasteiger partial charge is 0.489 e. The van der Waals surface area contributed by atoms with Gasteiger partial charge in [-0.3, -0.25) is 4.79 Å². The van der Waals surface area contributed by atoms with E-state index in [-0.39, 0.29) is 11.9 Å². The van der Waals surface area contributed by atoms with Crippen LogP contribution in [-0.2, 0) is 11.3 Å². The third kappa shape index (κ3) is 4.58. The molecule has 0 atom stereocenters. The molecule has 1 N–H and O–H groups in total. The lowest BCUT2D eigenvalue weighted by Gasteiger charge is -2.23. The number of benzene rings is 2. The summed E-state index contributed by atoms with van der Waals surface area (Å²) in [6, 6.07) is 15.6. The molecule has 5 heteroatoms. The van der Waals surface area contributed by atoms with E-state index in [9.17, 15) is 4.79 Å². The number of carbonyl (C=O) groups excluding carboxylic acids is 1. The summed E-state index contributed by atoms with van der Waals surface area (Å²) in [6.07, 6.45) is 1.73. The number of carbonyl (C=O) groups is 1. The first-order chi connectivity index (χ1) is 11.7. The second kappa shape index (κ2) is 8.31. The number of hydrogen-bond donors (Lipinski definition) is 1. The van der Waals surface area contributed by atoms with Crippen molar-refractivity contribution in [1.29, 1.82) is 0 Å². The van der Waals surface area contributed by atoms with E-state index >= 15 is 0 Å². The topological polar surface area (TPSA) is 47.6 Å². The number of ether oxygens (including phenoxy) is 2. The molecule has 126 valence electrons. The third-order valence-corrected chi connectivity index (χ3v) is 4.65. The van der Waals surface area contributed by atoms with E-state index in [4.69, 9.17) is 9.47 Å². The molecule has 1 aliphatic rings. The van der Waals surface area contributed by atoms with E-state index in [0.29, 0.717) is 25.4 Å². The zero-order valence-corrected chi connectivity index (χ0v) is 14.9. The fourth-order valence-electron chi connectivity index (χ4n) is 2.62. The Morgan fingerprint density at radius 3 is 2.62 bits per heavy atom. The number of amides is 1. The van der Waals surface area contributed by atoms with Gasteiger partial charge in [-0.1, -0.05) is 30.3 Å². The molecule has 1 fully saturated rings. The van der Waals surface area contributed by atoms with Gasteiger partial charge in [0.2, 0.25) is 0 Å². The van der Waals surface area contributed by atoms with Crippen molar-refractivity contribution >= 4 is 21.8 Å². The maximum absolute atomic E-state index is 12.4. The molecule has 2 aromatic rings. The molecule has 1 heterocycles. The molecule has 1 saturated heterocycles. The molecule has 0 unspecified atom stereocenters. The van der Waals surface area contributed by atoms with E-state index in [1.807, 2.05) is 42.5 Å². The number of hydrogen-bond acceptors (Lipinski definition) is 3. The average Bonchev–Trinajstić information content (AvgIpc) is 2.61. The maximum Gasteiger partial charge on any atom is 0.252 e. The summed E-state index contributed by atoms with van der Waals surface area (Å²) in [5, 5.41) is 3.06. The highest BCUT2D eigenvalue weighted by molar-refractivity contribution is 9.10. The van der Waals surface area contributed by atoms with E-state index in [2.05, 4.69) is 21.2 Å². The zero-order chi connectivity index (χ0) is 16.8. The summed E-state index contributed by atoms with van der Waals surface area (Å²) in [5.41, 5.74) is 1.73. The van der Waals surface area contributed by atoms with Gasteiger partial charge in [-0.05, 0) is 52.5 Å². The molecule has 0 aliphatic carbocycles. The van der Waals surface area contributed by atoms with Crippen molar-refractivity contribution in [1.82, 2.24) is 5.32 Å². The van der Waals surface area contributed by atoms with Crippen molar-refractivity contribution in [2.45, 2.75) is 25.5 Å². The number of rotatable bonds is 5. The Balaban J connectivity index is 1.60. The summed E-state index contributed by atoms with van der Waals surface area (Å²) in [7, 11) is 0. The SMILES string of the molecule is O=C(NC1CCOCC1)c1ccc(OCc2ccccc2)cc1Br. The Morgan fingerprint density at radius 1 is 1.17 bits per heavy atom. The monoisotopic (exact) mass is 389 g/mol. The van der Waals surface area contributed by atoms with Crippen LogP contribution in [0.2, 0.25) is 0 Å². The predicted octanol–water partition coefficient (Wildman–Crippen LogP) is 3.94. The maximum atomic E-state index is 12.4. The van der Waals surface area contributed by atoms with Crippen LogP contribution in [0.5, 0.6) is 5.75 Å². The van der Waals surface area contributed by atoms with Crippen molar-refractivity contribution in [3.63, 3.8) is 0 Å². The summed E-state index contributed by atoms with van der Waals surface area (Å²) >= 11 is 3.47. The molecule has 24 heavy (non-hydrogen) atoms. The summed E-state index contributed by atoms with van der Waals surface area (Å²) in [4.78, 5) is 12.4. The lowest BCUT2D eigenvalue weighted by molar-refractivity contribution is 0.0696. The molecule has 0 bridgehead atoms. The summed E-state index contributed by atoms with van der Waals surface area (Å²) in [5.74, 6) is 0.664. The van der Waals surface area contributed by atoms with Gasteiger partial charge in [0.05, 0.1) is 5.56 Å². The molecule has 1 amide bonds. The van der Waals surface area contributed by atoms with E-state index in [0.717, 1.165) is 28.6 Å².